The molecule has 0 aliphatic heterocycles. The van der Waals surface area contributed by atoms with Gasteiger partial charge in [0.2, 0.25) is 0 Å². The number of carboxylic acid groups (broad SMARTS) is 1. The third kappa shape index (κ3) is 4.79. The largest absolute Gasteiger partial charge is 0.497 e. The monoisotopic (exact) mass is 349 g/mol. The van der Waals surface area contributed by atoms with Crippen molar-refractivity contribution in [3.8, 4) is 5.75 Å². The highest BCUT2D eigenvalue weighted by atomic mass is 32.2. The molecular formula is C17H19NO5S. The van der Waals surface area contributed by atoms with Crippen molar-refractivity contribution >= 4 is 15.8 Å². The molecule has 0 bridgehead atoms. The number of methoxy groups -OCH3 is 1. The average molecular weight is 349 g/mol. The molecule has 0 fully saturated rings. The second-order valence-corrected chi connectivity index (χ2v) is 7.39. The molecule has 1 unspecified atom stereocenters. The SMILES string of the molecule is COc1ccc(S(=O)(=O)CC(CCc2ccccn2)C(=O)O)cc1. The summed E-state index contributed by atoms with van der Waals surface area (Å²) in [6.07, 6.45) is 2.25. The lowest BCUT2D eigenvalue weighted by atomic mass is 10.0. The summed E-state index contributed by atoms with van der Waals surface area (Å²) in [5, 5.41) is 9.34. The Hall–Kier alpha value is -2.41. The van der Waals surface area contributed by atoms with Gasteiger partial charge in [0.15, 0.2) is 9.84 Å². The number of sulfone groups is 1. The second kappa shape index (κ2) is 7.92. The Balaban J connectivity index is 2.09. The van der Waals surface area contributed by atoms with Crippen LogP contribution >= 0.6 is 0 Å². The molecule has 1 aromatic carbocycles. The maximum absolute atomic E-state index is 12.4. The quantitative estimate of drug-likeness (QED) is 0.785. The molecule has 0 saturated carbocycles. The van der Waals surface area contributed by atoms with Gasteiger partial charge < -0.3 is 9.84 Å². The summed E-state index contributed by atoms with van der Waals surface area (Å²) in [5.74, 6) is -2.01. The van der Waals surface area contributed by atoms with Crippen molar-refractivity contribution in [3.63, 3.8) is 0 Å². The van der Waals surface area contributed by atoms with Gasteiger partial charge in [-0.15, -0.1) is 0 Å². The van der Waals surface area contributed by atoms with Crippen molar-refractivity contribution < 1.29 is 23.1 Å². The topological polar surface area (TPSA) is 93.6 Å². The highest BCUT2D eigenvalue weighted by molar-refractivity contribution is 7.91. The number of aliphatic carboxylic acids is 1. The zero-order chi connectivity index (χ0) is 17.6. The van der Waals surface area contributed by atoms with Crippen LogP contribution in [0.4, 0.5) is 0 Å². The lowest BCUT2D eigenvalue weighted by molar-refractivity contribution is -0.141. The molecule has 24 heavy (non-hydrogen) atoms. The molecule has 0 saturated heterocycles. The fourth-order valence-electron chi connectivity index (χ4n) is 2.29. The first-order valence-electron chi connectivity index (χ1n) is 7.42. The van der Waals surface area contributed by atoms with Crippen molar-refractivity contribution in [2.75, 3.05) is 12.9 Å². The molecule has 128 valence electrons. The number of aryl methyl sites for hydroxylation is 1. The number of pyridine rings is 1. The summed E-state index contributed by atoms with van der Waals surface area (Å²) >= 11 is 0. The van der Waals surface area contributed by atoms with Gasteiger partial charge in [0.25, 0.3) is 0 Å². The molecule has 2 aromatic rings. The third-order valence-electron chi connectivity index (χ3n) is 3.66. The molecule has 0 radical (unpaired) electrons. The van der Waals surface area contributed by atoms with Gasteiger partial charge in [0.1, 0.15) is 5.75 Å². The predicted octanol–water partition coefficient (Wildman–Crippen LogP) is 2.20. The first-order chi connectivity index (χ1) is 11.4. The maximum atomic E-state index is 12.4. The van der Waals surface area contributed by atoms with Crippen LogP contribution in [0, 0.1) is 5.92 Å². The predicted molar refractivity (Wildman–Crippen MR) is 88.7 cm³/mol. The first-order valence-corrected chi connectivity index (χ1v) is 9.07. The van der Waals surface area contributed by atoms with Gasteiger partial charge in [-0.25, -0.2) is 8.42 Å². The van der Waals surface area contributed by atoms with Crippen LogP contribution in [-0.4, -0.2) is 37.3 Å². The summed E-state index contributed by atoms with van der Waals surface area (Å²) < 4.78 is 29.9. The van der Waals surface area contributed by atoms with E-state index in [4.69, 9.17) is 4.74 Å². The van der Waals surface area contributed by atoms with Crippen molar-refractivity contribution in [2.24, 2.45) is 5.92 Å². The van der Waals surface area contributed by atoms with Crippen LogP contribution in [0.3, 0.4) is 0 Å². The van der Waals surface area contributed by atoms with Gasteiger partial charge in [0.05, 0.1) is 23.7 Å². The van der Waals surface area contributed by atoms with E-state index >= 15 is 0 Å². The number of ether oxygens (including phenoxy) is 1. The number of carboxylic acids is 1. The Labute approximate surface area is 141 Å². The first kappa shape index (κ1) is 17.9. The fourth-order valence-corrected chi connectivity index (χ4v) is 3.87. The highest BCUT2D eigenvalue weighted by Gasteiger charge is 2.26. The van der Waals surface area contributed by atoms with Gasteiger partial charge in [-0.1, -0.05) is 6.07 Å². The van der Waals surface area contributed by atoms with E-state index in [0.717, 1.165) is 5.69 Å². The van der Waals surface area contributed by atoms with Crippen LogP contribution in [0.1, 0.15) is 12.1 Å². The molecule has 6 nitrogen and oxygen atoms in total. The van der Waals surface area contributed by atoms with E-state index in [2.05, 4.69) is 4.98 Å². The lowest BCUT2D eigenvalue weighted by Crippen LogP contribution is -2.24. The minimum Gasteiger partial charge on any atom is -0.497 e. The van der Waals surface area contributed by atoms with Gasteiger partial charge in [-0.3, -0.25) is 9.78 Å². The van der Waals surface area contributed by atoms with E-state index in [-0.39, 0.29) is 11.3 Å². The van der Waals surface area contributed by atoms with E-state index in [9.17, 15) is 18.3 Å². The number of hydrogen-bond acceptors (Lipinski definition) is 5. The van der Waals surface area contributed by atoms with Gasteiger partial charge in [0, 0.05) is 11.9 Å². The highest BCUT2D eigenvalue weighted by Crippen LogP contribution is 2.20. The van der Waals surface area contributed by atoms with Gasteiger partial charge >= 0.3 is 5.97 Å². The number of nitrogens with zero attached hydrogens (tertiary/aromatic N) is 1. The van der Waals surface area contributed by atoms with Crippen molar-refractivity contribution in [1.82, 2.24) is 4.98 Å². The average Bonchev–Trinajstić information content (AvgIpc) is 2.59. The molecular weight excluding hydrogens is 330 g/mol. The van der Waals surface area contributed by atoms with E-state index in [1.807, 2.05) is 6.07 Å². The number of benzene rings is 1. The van der Waals surface area contributed by atoms with E-state index in [1.54, 1.807) is 18.3 Å². The molecule has 0 aliphatic carbocycles. The minimum atomic E-state index is -3.69. The van der Waals surface area contributed by atoms with Crippen LogP contribution in [0.25, 0.3) is 0 Å². The van der Waals surface area contributed by atoms with Crippen LogP contribution in [0.5, 0.6) is 5.75 Å². The Morgan fingerprint density at radius 2 is 1.92 bits per heavy atom. The zero-order valence-electron chi connectivity index (χ0n) is 13.3. The molecule has 0 amide bonds. The van der Waals surface area contributed by atoms with Crippen LogP contribution < -0.4 is 4.74 Å². The summed E-state index contributed by atoms with van der Waals surface area (Å²) in [4.78, 5) is 15.6. The molecule has 7 heteroatoms. The molecule has 0 spiro atoms. The standard InChI is InChI=1S/C17H19NO5S/c1-23-15-7-9-16(10-8-15)24(21,22)12-13(17(19)20)5-6-14-4-2-3-11-18-14/h2-4,7-11,13H,5-6,12H2,1H3,(H,19,20). The Bertz CT molecular complexity index is 772. The molecule has 1 aromatic heterocycles. The van der Waals surface area contributed by atoms with Gasteiger partial charge in [-0.2, -0.15) is 0 Å². The zero-order valence-corrected chi connectivity index (χ0v) is 14.1. The lowest BCUT2D eigenvalue weighted by Gasteiger charge is -2.13. The third-order valence-corrected chi connectivity index (χ3v) is 5.50. The molecule has 1 N–H and O–H groups in total. The summed E-state index contributed by atoms with van der Waals surface area (Å²) in [6, 6.07) is 11.3. The van der Waals surface area contributed by atoms with Crippen molar-refractivity contribution in [3.05, 3.63) is 54.4 Å². The second-order valence-electron chi connectivity index (χ2n) is 5.35. The van der Waals surface area contributed by atoms with Crippen LogP contribution in [0.2, 0.25) is 0 Å². The summed E-state index contributed by atoms with van der Waals surface area (Å²) in [6.45, 7) is 0. The van der Waals surface area contributed by atoms with E-state index < -0.39 is 27.5 Å². The van der Waals surface area contributed by atoms with E-state index in [0.29, 0.717) is 12.2 Å². The van der Waals surface area contributed by atoms with Crippen molar-refractivity contribution in [1.29, 1.82) is 0 Å². The molecule has 2 rings (SSSR count). The summed E-state index contributed by atoms with van der Waals surface area (Å²) in [5.41, 5.74) is 0.741. The fraction of sp³-hybridized carbons (Fsp3) is 0.294. The Morgan fingerprint density at radius 3 is 2.46 bits per heavy atom. The number of rotatable bonds is 8. The van der Waals surface area contributed by atoms with Crippen LogP contribution in [0.15, 0.2) is 53.6 Å². The molecule has 0 aliphatic rings. The smallest absolute Gasteiger partial charge is 0.307 e. The molecule has 1 atom stereocenters. The Kier molecular flexibility index (Phi) is 5.92. The van der Waals surface area contributed by atoms with Crippen LogP contribution in [-0.2, 0) is 21.1 Å². The number of aromatic nitrogens is 1. The number of carbonyl (C=O) groups is 1. The Morgan fingerprint density at radius 1 is 1.21 bits per heavy atom. The van der Waals surface area contributed by atoms with E-state index in [1.165, 1.54) is 31.4 Å². The van der Waals surface area contributed by atoms with Crippen molar-refractivity contribution in [2.45, 2.75) is 17.7 Å². The summed E-state index contributed by atoms with van der Waals surface area (Å²) in [7, 11) is -2.20. The minimum absolute atomic E-state index is 0.0902. The number of hydrogen-bond donors (Lipinski definition) is 1. The van der Waals surface area contributed by atoms with Gasteiger partial charge in [-0.05, 0) is 49.2 Å². The molecule has 1 heterocycles. The maximum Gasteiger partial charge on any atom is 0.307 e. The normalized spacial score (nSPS) is 12.5.